The fourth-order valence-corrected chi connectivity index (χ4v) is 2.62. The second-order valence-corrected chi connectivity index (χ2v) is 4.48. The molecule has 1 aromatic carbocycles. The summed E-state index contributed by atoms with van der Waals surface area (Å²) in [7, 11) is 0. The Morgan fingerprint density at radius 2 is 2.00 bits per heavy atom. The van der Waals surface area contributed by atoms with Crippen molar-refractivity contribution in [3.8, 4) is 0 Å². The van der Waals surface area contributed by atoms with Crippen molar-refractivity contribution in [1.29, 1.82) is 0 Å². The molecule has 0 radical (unpaired) electrons. The normalized spacial score (nSPS) is 22.4. The molecule has 1 atom stereocenters. The van der Waals surface area contributed by atoms with Crippen molar-refractivity contribution >= 4 is 5.69 Å². The van der Waals surface area contributed by atoms with Crippen molar-refractivity contribution in [2.45, 2.75) is 18.4 Å². The molecule has 1 aliphatic carbocycles. The van der Waals surface area contributed by atoms with Crippen LogP contribution in [0.25, 0.3) is 0 Å². The summed E-state index contributed by atoms with van der Waals surface area (Å²) < 4.78 is 0. The molecule has 0 amide bonds. The van der Waals surface area contributed by atoms with E-state index in [1.165, 1.54) is 5.56 Å². The van der Waals surface area contributed by atoms with Crippen molar-refractivity contribution in [2.75, 3.05) is 5.73 Å². The van der Waals surface area contributed by atoms with E-state index >= 15 is 0 Å². The second kappa shape index (κ2) is 3.57. The summed E-state index contributed by atoms with van der Waals surface area (Å²) >= 11 is 0. The summed E-state index contributed by atoms with van der Waals surface area (Å²) in [6.07, 6.45) is 4.85. The van der Waals surface area contributed by atoms with E-state index in [0.717, 1.165) is 12.0 Å². The number of aliphatic hydroxyl groups is 1. The van der Waals surface area contributed by atoms with Gasteiger partial charge in [0.25, 0.3) is 0 Å². The van der Waals surface area contributed by atoms with Crippen LogP contribution in [0.4, 0.5) is 5.69 Å². The summed E-state index contributed by atoms with van der Waals surface area (Å²) in [6.45, 7) is 0. The largest absolute Gasteiger partial charge is 0.398 e. The average molecular weight is 226 g/mol. The molecule has 3 N–H and O–H groups in total. The fraction of sp³-hybridized carbons (Fsp3) is 0.214. The van der Waals surface area contributed by atoms with Gasteiger partial charge in [0.1, 0.15) is 5.60 Å². The first-order valence-corrected chi connectivity index (χ1v) is 5.72. The lowest BCUT2D eigenvalue weighted by molar-refractivity contribution is 0.0834. The lowest BCUT2D eigenvalue weighted by Gasteiger charge is -2.25. The molecule has 3 heteroatoms. The van der Waals surface area contributed by atoms with Gasteiger partial charge >= 0.3 is 0 Å². The van der Waals surface area contributed by atoms with Crippen LogP contribution in [0.15, 0.2) is 42.7 Å². The third-order valence-electron chi connectivity index (χ3n) is 3.52. The van der Waals surface area contributed by atoms with Gasteiger partial charge in [-0.25, -0.2) is 0 Å². The Morgan fingerprint density at radius 3 is 2.82 bits per heavy atom. The molecule has 1 unspecified atom stereocenters. The zero-order valence-corrected chi connectivity index (χ0v) is 9.43. The summed E-state index contributed by atoms with van der Waals surface area (Å²) in [6, 6.07) is 9.70. The van der Waals surface area contributed by atoms with Crippen molar-refractivity contribution in [1.82, 2.24) is 4.98 Å². The van der Waals surface area contributed by atoms with Crippen LogP contribution in [0.1, 0.15) is 23.1 Å². The standard InChI is InChI=1S/C14H14N2O/c15-13-6-8-16-9-12(13)14(17)7-5-10-3-1-2-4-11(10)14/h1-4,6,8-9,17H,5,7H2,(H2,15,16). The zero-order valence-electron chi connectivity index (χ0n) is 9.43. The third kappa shape index (κ3) is 1.43. The Bertz CT molecular complexity index is 568. The molecule has 86 valence electrons. The number of fused-ring (bicyclic) bond motifs is 1. The van der Waals surface area contributed by atoms with Gasteiger partial charge in [-0.3, -0.25) is 4.98 Å². The molecule has 2 aromatic rings. The summed E-state index contributed by atoms with van der Waals surface area (Å²) in [5, 5.41) is 10.9. The summed E-state index contributed by atoms with van der Waals surface area (Å²) in [4.78, 5) is 4.07. The van der Waals surface area contributed by atoms with Gasteiger partial charge in [0.15, 0.2) is 0 Å². The van der Waals surface area contributed by atoms with E-state index in [4.69, 9.17) is 5.73 Å². The highest BCUT2D eigenvalue weighted by Crippen LogP contribution is 2.43. The van der Waals surface area contributed by atoms with Crippen LogP contribution < -0.4 is 5.73 Å². The summed E-state index contributed by atoms with van der Waals surface area (Å²) in [5.74, 6) is 0. The molecule has 17 heavy (non-hydrogen) atoms. The van der Waals surface area contributed by atoms with Gasteiger partial charge < -0.3 is 10.8 Å². The van der Waals surface area contributed by atoms with Crippen molar-refractivity contribution in [3.05, 3.63) is 59.4 Å². The number of nitrogens with two attached hydrogens (primary N) is 1. The van der Waals surface area contributed by atoms with Gasteiger partial charge in [0, 0.05) is 23.6 Å². The highest BCUT2D eigenvalue weighted by atomic mass is 16.3. The van der Waals surface area contributed by atoms with Gasteiger partial charge in [-0.2, -0.15) is 0 Å². The van der Waals surface area contributed by atoms with E-state index in [-0.39, 0.29) is 0 Å². The number of benzene rings is 1. The molecule has 0 fully saturated rings. The molecular formula is C14H14N2O. The molecule has 1 aromatic heterocycles. The highest BCUT2D eigenvalue weighted by Gasteiger charge is 2.39. The Labute approximate surface area is 99.9 Å². The number of rotatable bonds is 1. The molecule has 3 rings (SSSR count). The van der Waals surface area contributed by atoms with Crippen LogP contribution in [0.2, 0.25) is 0 Å². The maximum atomic E-state index is 10.9. The van der Waals surface area contributed by atoms with Crippen molar-refractivity contribution in [2.24, 2.45) is 0 Å². The first-order valence-electron chi connectivity index (χ1n) is 5.72. The van der Waals surface area contributed by atoms with E-state index in [2.05, 4.69) is 11.1 Å². The van der Waals surface area contributed by atoms with Crippen molar-refractivity contribution in [3.63, 3.8) is 0 Å². The average Bonchev–Trinajstić information content (AvgIpc) is 2.70. The van der Waals surface area contributed by atoms with Gasteiger partial charge in [-0.1, -0.05) is 24.3 Å². The summed E-state index contributed by atoms with van der Waals surface area (Å²) in [5.41, 5.74) is 8.43. The topological polar surface area (TPSA) is 59.1 Å². The van der Waals surface area contributed by atoms with E-state index in [0.29, 0.717) is 17.7 Å². The third-order valence-corrected chi connectivity index (χ3v) is 3.52. The molecule has 0 spiro atoms. The van der Waals surface area contributed by atoms with Gasteiger partial charge in [0.2, 0.25) is 0 Å². The number of hydrogen-bond donors (Lipinski definition) is 2. The van der Waals surface area contributed by atoms with Crippen molar-refractivity contribution < 1.29 is 5.11 Å². The lowest BCUT2D eigenvalue weighted by atomic mass is 9.88. The van der Waals surface area contributed by atoms with Crippen LogP contribution in [0, 0.1) is 0 Å². The maximum absolute atomic E-state index is 10.9. The Morgan fingerprint density at radius 1 is 1.18 bits per heavy atom. The maximum Gasteiger partial charge on any atom is 0.119 e. The molecule has 3 nitrogen and oxygen atoms in total. The zero-order chi connectivity index (χ0) is 11.9. The van der Waals surface area contributed by atoms with Crippen LogP contribution in [0.3, 0.4) is 0 Å². The molecule has 0 saturated heterocycles. The van der Waals surface area contributed by atoms with Gasteiger partial charge in [0.05, 0.1) is 0 Å². The first kappa shape index (κ1) is 10.3. The number of anilines is 1. The number of aryl methyl sites for hydroxylation is 1. The highest BCUT2D eigenvalue weighted by molar-refractivity contribution is 5.55. The van der Waals surface area contributed by atoms with Crippen LogP contribution in [-0.4, -0.2) is 10.1 Å². The number of nitrogen functional groups attached to an aromatic ring is 1. The molecule has 1 aliphatic rings. The van der Waals surface area contributed by atoms with E-state index in [1.54, 1.807) is 18.5 Å². The number of pyridine rings is 1. The number of nitrogens with zero attached hydrogens (tertiary/aromatic N) is 1. The van der Waals surface area contributed by atoms with Crippen LogP contribution in [-0.2, 0) is 12.0 Å². The molecule has 0 aliphatic heterocycles. The number of aromatic nitrogens is 1. The smallest absolute Gasteiger partial charge is 0.119 e. The Balaban J connectivity index is 2.19. The number of hydrogen-bond acceptors (Lipinski definition) is 3. The lowest BCUT2D eigenvalue weighted by Crippen LogP contribution is -2.25. The Hall–Kier alpha value is -1.87. The van der Waals surface area contributed by atoms with E-state index < -0.39 is 5.60 Å². The SMILES string of the molecule is Nc1ccncc1C1(O)CCc2ccccc21. The fourth-order valence-electron chi connectivity index (χ4n) is 2.62. The molecular weight excluding hydrogens is 212 g/mol. The molecule has 0 saturated carbocycles. The first-order chi connectivity index (χ1) is 8.22. The second-order valence-electron chi connectivity index (χ2n) is 4.48. The van der Waals surface area contributed by atoms with E-state index in [1.807, 2.05) is 18.2 Å². The van der Waals surface area contributed by atoms with Crippen LogP contribution in [0.5, 0.6) is 0 Å². The Kier molecular flexibility index (Phi) is 2.16. The van der Waals surface area contributed by atoms with Gasteiger partial charge in [-0.05, 0) is 30.0 Å². The van der Waals surface area contributed by atoms with E-state index in [9.17, 15) is 5.11 Å². The predicted octanol–water partition coefficient (Wildman–Crippen LogP) is 1.85. The predicted molar refractivity (Wildman–Crippen MR) is 66.4 cm³/mol. The quantitative estimate of drug-likeness (QED) is 0.780. The minimum Gasteiger partial charge on any atom is -0.398 e. The van der Waals surface area contributed by atoms with Gasteiger partial charge in [-0.15, -0.1) is 0 Å². The molecule has 1 heterocycles. The monoisotopic (exact) mass is 226 g/mol. The minimum absolute atomic E-state index is 0.596. The van der Waals surface area contributed by atoms with Crippen LogP contribution >= 0.6 is 0 Å². The molecule has 0 bridgehead atoms. The minimum atomic E-state index is -0.977.